The summed E-state index contributed by atoms with van der Waals surface area (Å²) in [5.74, 6) is -0.708. The average Bonchev–Trinajstić information content (AvgIpc) is 2.80. The summed E-state index contributed by atoms with van der Waals surface area (Å²) in [4.78, 5) is 0. The smallest absolute Gasteiger partial charge is 0.316 e. The predicted molar refractivity (Wildman–Crippen MR) is 54.1 cm³/mol. The van der Waals surface area contributed by atoms with Crippen molar-refractivity contribution in [3.8, 4) is 0 Å². The van der Waals surface area contributed by atoms with Crippen LogP contribution in [-0.4, -0.2) is 13.1 Å². The SMILES string of the molecule is Fc1cc(C23CNC[C@H]2C3)ccc1C(F)(F)F. The van der Waals surface area contributed by atoms with Crippen LogP contribution in [0.25, 0.3) is 0 Å². The summed E-state index contributed by atoms with van der Waals surface area (Å²) in [5, 5.41) is 3.18. The lowest BCUT2D eigenvalue weighted by atomic mass is 9.94. The fraction of sp³-hybridized carbons (Fsp3) is 0.500. The Morgan fingerprint density at radius 3 is 2.53 bits per heavy atom. The summed E-state index contributed by atoms with van der Waals surface area (Å²) in [5.41, 5.74) is -0.593. The van der Waals surface area contributed by atoms with Crippen LogP contribution in [-0.2, 0) is 11.6 Å². The fourth-order valence-electron chi connectivity index (χ4n) is 2.84. The maximum absolute atomic E-state index is 13.4. The van der Waals surface area contributed by atoms with E-state index < -0.39 is 17.6 Å². The van der Waals surface area contributed by atoms with Gasteiger partial charge in [0.25, 0.3) is 0 Å². The van der Waals surface area contributed by atoms with Gasteiger partial charge >= 0.3 is 6.18 Å². The molecule has 1 aliphatic carbocycles. The highest BCUT2D eigenvalue weighted by molar-refractivity contribution is 5.39. The van der Waals surface area contributed by atoms with Crippen molar-refractivity contribution in [2.24, 2.45) is 5.92 Å². The molecule has 1 aliphatic heterocycles. The Kier molecular flexibility index (Phi) is 2.09. The van der Waals surface area contributed by atoms with Crippen molar-refractivity contribution in [1.82, 2.24) is 5.32 Å². The van der Waals surface area contributed by atoms with Crippen LogP contribution in [0, 0.1) is 11.7 Å². The number of alkyl halides is 3. The highest BCUT2D eigenvalue weighted by Crippen LogP contribution is 2.56. The van der Waals surface area contributed by atoms with Crippen LogP contribution in [0.2, 0.25) is 0 Å². The third kappa shape index (κ3) is 1.56. The van der Waals surface area contributed by atoms with E-state index in [1.807, 2.05) is 0 Å². The molecule has 1 aromatic carbocycles. The lowest BCUT2D eigenvalue weighted by Crippen LogP contribution is -2.20. The van der Waals surface area contributed by atoms with Gasteiger partial charge in [-0.15, -0.1) is 0 Å². The van der Waals surface area contributed by atoms with Gasteiger partial charge in [-0.1, -0.05) is 6.07 Å². The van der Waals surface area contributed by atoms with Gasteiger partial charge in [-0.05, 0) is 36.6 Å². The minimum atomic E-state index is -4.61. The summed E-state index contributed by atoms with van der Waals surface area (Å²) < 4.78 is 50.7. The first-order valence-corrected chi connectivity index (χ1v) is 5.51. The van der Waals surface area contributed by atoms with Crippen LogP contribution in [0.4, 0.5) is 17.6 Å². The van der Waals surface area contributed by atoms with Gasteiger partial charge in [0.05, 0.1) is 5.56 Å². The van der Waals surface area contributed by atoms with Crippen LogP contribution < -0.4 is 5.32 Å². The third-order valence-corrected chi connectivity index (χ3v) is 3.91. The number of piperidine rings is 1. The Morgan fingerprint density at radius 1 is 1.29 bits per heavy atom. The Hall–Kier alpha value is -1.10. The standard InChI is InChI=1S/C12H11F4N/c13-10-3-7(1-2-9(10)12(14,15)16)11-4-8(11)5-17-6-11/h1-3,8,17H,4-6H2/t8-,11?/m1/s1. The van der Waals surface area contributed by atoms with Gasteiger partial charge in [0.2, 0.25) is 0 Å². The van der Waals surface area contributed by atoms with Crippen molar-refractivity contribution < 1.29 is 17.6 Å². The molecule has 0 radical (unpaired) electrons. The Balaban J connectivity index is 1.97. The lowest BCUT2D eigenvalue weighted by molar-refractivity contribution is -0.140. The minimum Gasteiger partial charge on any atom is -0.316 e. The Bertz CT molecular complexity index is 468. The number of hydrogen-bond donors (Lipinski definition) is 1. The minimum absolute atomic E-state index is 0.106. The molecule has 1 saturated carbocycles. The largest absolute Gasteiger partial charge is 0.419 e. The second-order valence-electron chi connectivity index (χ2n) is 4.88. The summed E-state index contributed by atoms with van der Waals surface area (Å²) in [7, 11) is 0. The second kappa shape index (κ2) is 3.22. The van der Waals surface area contributed by atoms with Crippen LogP contribution in [0.5, 0.6) is 0 Å². The van der Waals surface area contributed by atoms with Crippen molar-refractivity contribution in [3.63, 3.8) is 0 Å². The molecule has 1 nitrogen and oxygen atoms in total. The molecule has 1 saturated heterocycles. The molecule has 3 rings (SSSR count). The first-order valence-electron chi connectivity index (χ1n) is 5.51. The summed E-state index contributed by atoms with van der Waals surface area (Å²) in [6.45, 7) is 1.62. The fourth-order valence-corrected chi connectivity index (χ4v) is 2.84. The molecule has 0 bridgehead atoms. The van der Waals surface area contributed by atoms with Crippen LogP contribution in [0.3, 0.4) is 0 Å². The van der Waals surface area contributed by atoms with Gasteiger partial charge in [-0.25, -0.2) is 4.39 Å². The topological polar surface area (TPSA) is 12.0 Å². The molecule has 1 N–H and O–H groups in total. The summed E-state index contributed by atoms with van der Waals surface area (Å²) in [6.07, 6.45) is -3.66. The van der Waals surface area contributed by atoms with E-state index in [1.165, 1.54) is 6.07 Å². The number of rotatable bonds is 1. The molecular weight excluding hydrogens is 234 g/mol. The van der Waals surface area contributed by atoms with Crippen LogP contribution in [0.1, 0.15) is 17.5 Å². The van der Waals surface area contributed by atoms with E-state index >= 15 is 0 Å². The maximum Gasteiger partial charge on any atom is 0.419 e. The van der Waals surface area contributed by atoms with E-state index in [-0.39, 0.29) is 5.41 Å². The highest BCUT2D eigenvalue weighted by atomic mass is 19.4. The zero-order valence-corrected chi connectivity index (χ0v) is 8.94. The highest BCUT2D eigenvalue weighted by Gasteiger charge is 2.58. The molecular formula is C12H11F4N. The van der Waals surface area contributed by atoms with Crippen LogP contribution in [0.15, 0.2) is 18.2 Å². The number of nitrogens with one attached hydrogen (secondary N) is 1. The molecule has 2 atom stereocenters. The number of hydrogen-bond acceptors (Lipinski definition) is 1. The molecule has 1 heterocycles. The van der Waals surface area contributed by atoms with E-state index in [9.17, 15) is 17.6 Å². The second-order valence-corrected chi connectivity index (χ2v) is 4.88. The van der Waals surface area contributed by atoms with Crippen molar-refractivity contribution >= 4 is 0 Å². The predicted octanol–water partition coefficient (Wildman–Crippen LogP) is 2.71. The van der Waals surface area contributed by atoms with E-state index in [4.69, 9.17) is 0 Å². The number of benzene rings is 1. The molecule has 92 valence electrons. The Morgan fingerprint density at radius 2 is 2.06 bits per heavy atom. The van der Waals surface area contributed by atoms with Gasteiger partial charge in [0.1, 0.15) is 5.82 Å². The third-order valence-electron chi connectivity index (χ3n) is 3.91. The molecule has 1 aromatic rings. The molecule has 0 spiro atoms. The molecule has 2 fully saturated rings. The first-order chi connectivity index (χ1) is 7.93. The molecule has 17 heavy (non-hydrogen) atoms. The molecule has 0 aromatic heterocycles. The van der Waals surface area contributed by atoms with E-state index in [1.54, 1.807) is 0 Å². The number of halogens is 4. The molecule has 1 unspecified atom stereocenters. The normalized spacial score (nSPS) is 31.4. The van der Waals surface area contributed by atoms with Gasteiger partial charge < -0.3 is 5.32 Å². The van der Waals surface area contributed by atoms with Gasteiger partial charge in [-0.3, -0.25) is 0 Å². The van der Waals surface area contributed by atoms with Gasteiger partial charge in [-0.2, -0.15) is 13.2 Å². The maximum atomic E-state index is 13.4. The quantitative estimate of drug-likeness (QED) is 0.750. The lowest BCUT2D eigenvalue weighted by Gasteiger charge is -2.14. The molecule has 2 aliphatic rings. The zero-order chi connectivity index (χ0) is 12.3. The van der Waals surface area contributed by atoms with Crippen LogP contribution >= 0.6 is 0 Å². The first kappa shape index (κ1) is 11.0. The molecule has 5 heteroatoms. The molecule has 0 amide bonds. The summed E-state index contributed by atoms with van der Waals surface area (Å²) >= 11 is 0. The van der Waals surface area contributed by atoms with Crippen molar-refractivity contribution in [1.29, 1.82) is 0 Å². The van der Waals surface area contributed by atoms with E-state index in [2.05, 4.69) is 5.32 Å². The Labute approximate surface area is 95.8 Å². The van der Waals surface area contributed by atoms with E-state index in [0.29, 0.717) is 11.5 Å². The zero-order valence-electron chi connectivity index (χ0n) is 8.94. The van der Waals surface area contributed by atoms with Gasteiger partial charge in [0, 0.05) is 12.0 Å². The number of fused-ring (bicyclic) bond motifs is 1. The summed E-state index contributed by atoms with van der Waals surface area (Å²) in [6, 6.07) is 3.32. The average molecular weight is 245 g/mol. The van der Waals surface area contributed by atoms with Crippen molar-refractivity contribution in [3.05, 3.63) is 35.1 Å². The van der Waals surface area contributed by atoms with Gasteiger partial charge in [0.15, 0.2) is 0 Å². The monoisotopic (exact) mass is 245 g/mol. The van der Waals surface area contributed by atoms with Crippen molar-refractivity contribution in [2.75, 3.05) is 13.1 Å². The van der Waals surface area contributed by atoms with Crippen molar-refractivity contribution in [2.45, 2.75) is 18.0 Å². The van der Waals surface area contributed by atoms with E-state index in [0.717, 1.165) is 31.6 Å².